The molecule has 22 heavy (non-hydrogen) atoms. The highest BCUT2D eigenvalue weighted by Crippen LogP contribution is 2.24. The van der Waals surface area contributed by atoms with Gasteiger partial charge in [0.2, 0.25) is 0 Å². The Labute approximate surface area is 143 Å². The molecule has 122 valence electrons. The summed E-state index contributed by atoms with van der Waals surface area (Å²) in [7, 11) is 1.87. The fourth-order valence-corrected chi connectivity index (χ4v) is 3.50. The second-order valence-corrected chi connectivity index (χ2v) is 7.20. The average Bonchev–Trinajstić information content (AvgIpc) is 2.96. The van der Waals surface area contributed by atoms with Crippen molar-refractivity contribution in [1.29, 1.82) is 0 Å². The average molecular weight is 343 g/mol. The Hall–Kier alpha value is -0.770. The van der Waals surface area contributed by atoms with Crippen LogP contribution in [0.5, 0.6) is 0 Å². The molecule has 0 bridgehead atoms. The topological polar surface area (TPSA) is 23.6 Å². The maximum Gasteiger partial charge on any atom is 0.255 e. The highest BCUT2D eigenvalue weighted by atomic mass is 35.5. The van der Waals surface area contributed by atoms with E-state index in [1.807, 2.05) is 11.9 Å². The van der Waals surface area contributed by atoms with Gasteiger partial charge in [0.1, 0.15) is 0 Å². The summed E-state index contributed by atoms with van der Waals surface area (Å²) in [6.07, 6.45) is 2.51. The molecule has 1 fully saturated rings. The monoisotopic (exact) mass is 342 g/mol. The van der Waals surface area contributed by atoms with Crippen LogP contribution < -0.4 is 0 Å². The molecule has 5 heteroatoms. The number of rotatable bonds is 5. The molecule has 0 aliphatic carbocycles. The van der Waals surface area contributed by atoms with Crippen molar-refractivity contribution in [2.75, 3.05) is 26.7 Å². The van der Waals surface area contributed by atoms with E-state index in [1.165, 1.54) is 12.8 Å². The first kappa shape index (κ1) is 17.6. The zero-order valence-electron chi connectivity index (χ0n) is 13.5. The molecule has 0 aromatic heterocycles. The fraction of sp³-hybridized carbons (Fsp3) is 0.588. The van der Waals surface area contributed by atoms with Gasteiger partial charge < -0.3 is 9.80 Å². The Morgan fingerprint density at radius 3 is 2.45 bits per heavy atom. The number of benzene rings is 1. The lowest BCUT2D eigenvalue weighted by atomic mass is 10.0. The lowest BCUT2D eigenvalue weighted by molar-refractivity contribution is 0.0641. The summed E-state index contributed by atoms with van der Waals surface area (Å²) in [5.41, 5.74) is 0.514. The molecule has 1 aliphatic heterocycles. The van der Waals surface area contributed by atoms with E-state index in [0.29, 0.717) is 21.5 Å². The maximum atomic E-state index is 12.8. The van der Waals surface area contributed by atoms with Crippen molar-refractivity contribution in [2.45, 2.75) is 32.7 Å². The first-order chi connectivity index (χ1) is 10.4. The van der Waals surface area contributed by atoms with Crippen LogP contribution in [0.15, 0.2) is 18.2 Å². The highest BCUT2D eigenvalue weighted by molar-refractivity contribution is 6.36. The van der Waals surface area contributed by atoms with E-state index in [4.69, 9.17) is 23.2 Å². The van der Waals surface area contributed by atoms with Gasteiger partial charge in [-0.05, 0) is 50.0 Å². The van der Waals surface area contributed by atoms with Crippen LogP contribution >= 0.6 is 23.2 Å². The van der Waals surface area contributed by atoms with Crippen molar-refractivity contribution in [2.24, 2.45) is 5.92 Å². The van der Waals surface area contributed by atoms with Gasteiger partial charge in [0.05, 0.1) is 10.6 Å². The van der Waals surface area contributed by atoms with Crippen molar-refractivity contribution >= 4 is 29.1 Å². The van der Waals surface area contributed by atoms with Gasteiger partial charge >= 0.3 is 0 Å². The summed E-state index contributed by atoms with van der Waals surface area (Å²) in [6.45, 7) is 7.51. The van der Waals surface area contributed by atoms with Gasteiger partial charge in [-0.15, -0.1) is 0 Å². The van der Waals surface area contributed by atoms with Crippen LogP contribution in [0.25, 0.3) is 0 Å². The van der Waals surface area contributed by atoms with E-state index in [1.54, 1.807) is 18.2 Å². The lowest BCUT2D eigenvalue weighted by Crippen LogP contribution is -2.47. The zero-order valence-corrected chi connectivity index (χ0v) is 15.0. The van der Waals surface area contributed by atoms with Crippen molar-refractivity contribution in [3.8, 4) is 0 Å². The van der Waals surface area contributed by atoms with E-state index < -0.39 is 0 Å². The zero-order chi connectivity index (χ0) is 16.3. The van der Waals surface area contributed by atoms with Gasteiger partial charge in [-0.3, -0.25) is 4.79 Å². The molecule has 1 heterocycles. The molecule has 0 unspecified atom stereocenters. The van der Waals surface area contributed by atoms with E-state index in [2.05, 4.69) is 18.7 Å². The van der Waals surface area contributed by atoms with Gasteiger partial charge in [-0.1, -0.05) is 37.0 Å². The normalized spacial score (nSPS) is 17.0. The minimum atomic E-state index is -0.0421. The van der Waals surface area contributed by atoms with Crippen LogP contribution in [0.1, 0.15) is 37.0 Å². The Balaban J connectivity index is 2.14. The van der Waals surface area contributed by atoms with E-state index in [0.717, 1.165) is 19.6 Å². The summed E-state index contributed by atoms with van der Waals surface area (Å²) in [6, 6.07) is 5.21. The predicted octanol–water partition coefficient (Wildman–Crippen LogP) is 4.19. The number of amides is 1. The van der Waals surface area contributed by atoms with Gasteiger partial charge in [0.15, 0.2) is 0 Å². The van der Waals surface area contributed by atoms with Crippen molar-refractivity contribution in [3.63, 3.8) is 0 Å². The lowest BCUT2D eigenvalue weighted by Gasteiger charge is -2.34. The summed E-state index contributed by atoms with van der Waals surface area (Å²) in [5, 5.41) is 0.953. The largest absolute Gasteiger partial charge is 0.337 e. The second-order valence-electron chi connectivity index (χ2n) is 6.36. The molecular weight excluding hydrogens is 319 g/mol. The Morgan fingerprint density at radius 1 is 1.27 bits per heavy atom. The molecule has 1 aliphatic rings. The fourth-order valence-electron chi connectivity index (χ4n) is 3.01. The molecule has 1 amide bonds. The molecule has 3 nitrogen and oxygen atoms in total. The maximum absolute atomic E-state index is 12.8. The number of likely N-dealkylation sites (tertiary alicyclic amines) is 1. The molecular formula is C17H24Cl2N2O. The third-order valence-corrected chi connectivity index (χ3v) is 4.94. The molecule has 0 spiro atoms. The number of carbonyl (C=O) groups is 1. The number of likely N-dealkylation sites (N-methyl/N-ethyl adjacent to an activating group) is 1. The third kappa shape index (κ3) is 4.15. The smallest absolute Gasteiger partial charge is 0.255 e. The van der Waals surface area contributed by atoms with Crippen molar-refractivity contribution in [1.82, 2.24) is 9.80 Å². The molecule has 2 rings (SSSR count). The minimum absolute atomic E-state index is 0.0421. The number of halogens is 2. The van der Waals surface area contributed by atoms with Gasteiger partial charge in [-0.25, -0.2) is 0 Å². The van der Waals surface area contributed by atoms with Crippen molar-refractivity contribution < 1.29 is 4.79 Å². The second kappa shape index (κ2) is 7.67. The molecule has 0 radical (unpaired) electrons. The number of hydrogen-bond donors (Lipinski definition) is 0. The van der Waals surface area contributed by atoms with Crippen molar-refractivity contribution in [3.05, 3.63) is 33.8 Å². The van der Waals surface area contributed by atoms with Crippen LogP contribution in [0.2, 0.25) is 10.0 Å². The first-order valence-electron chi connectivity index (χ1n) is 7.84. The van der Waals surface area contributed by atoms with Gasteiger partial charge in [-0.2, -0.15) is 0 Å². The summed E-state index contributed by atoms with van der Waals surface area (Å²) >= 11 is 12.1. The number of carbonyl (C=O) groups excluding carboxylic acids is 1. The van der Waals surface area contributed by atoms with E-state index in [9.17, 15) is 4.79 Å². The van der Waals surface area contributed by atoms with Crippen LogP contribution in [0.3, 0.4) is 0 Å². The minimum Gasteiger partial charge on any atom is -0.337 e. The number of hydrogen-bond acceptors (Lipinski definition) is 2. The van der Waals surface area contributed by atoms with Crippen LogP contribution in [0.4, 0.5) is 0 Å². The van der Waals surface area contributed by atoms with E-state index in [-0.39, 0.29) is 11.9 Å². The molecule has 0 saturated carbocycles. The SMILES string of the molecule is CC(C)[C@H](CN1CCCC1)N(C)C(=O)c1ccc(Cl)cc1Cl. The number of nitrogens with zero attached hydrogens (tertiary/aromatic N) is 2. The molecule has 1 atom stereocenters. The molecule has 1 aromatic carbocycles. The molecule has 0 N–H and O–H groups in total. The first-order valence-corrected chi connectivity index (χ1v) is 8.60. The van der Waals surface area contributed by atoms with E-state index >= 15 is 0 Å². The van der Waals surface area contributed by atoms with Crippen LogP contribution in [-0.4, -0.2) is 48.4 Å². The van der Waals surface area contributed by atoms with Crippen LogP contribution in [-0.2, 0) is 0 Å². The highest BCUT2D eigenvalue weighted by Gasteiger charge is 2.28. The third-order valence-electron chi connectivity index (χ3n) is 4.39. The summed E-state index contributed by atoms with van der Waals surface area (Å²) < 4.78 is 0. The summed E-state index contributed by atoms with van der Waals surface area (Å²) in [5.74, 6) is 0.347. The predicted molar refractivity (Wildman–Crippen MR) is 92.9 cm³/mol. The Morgan fingerprint density at radius 2 is 1.91 bits per heavy atom. The standard InChI is InChI=1S/C17H24Cl2N2O/c1-12(2)16(11-21-8-4-5-9-21)20(3)17(22)14-7-6-13(18)10-15(14)19/h6-7,10,12,16H,4-5,8-9,11H2,1-3H3/t16-/m0/s1. The van der Waals surface area contributed by atoms with Gasteiger partial charge in [0, 0.05) is 24.7 Å². The molecule has 1 aromatic rings. The Kier molecular flexibility index (Phi) is 6.13. The quantitative estimate of drug-likeness (QED) is 0.801. The molecule has 1 saturated heterocycles. The summed E-state index contributed by atoms with van der Waals surface area (Å²) in [4.78, 5) is 17.1. The Bertz CT molecular complexity index is 527. The van der Waals surface area contributed by atoms with Crippen LogP contribution in [0, 0.1) is 5.92 Å². The van der Waals surface area contributed by atoms with Gasteiger partial charge in [0.25, 0.3) is 5.91 Å².